The summed E-state index contributed by atoms with van der Waals surface area (Å²) in [7, 11) is -3.56. The number of amides is 1. The van der Waals surface area contributed by atoms with Crippen LogP contribution in [0.15, 0.2) is 79.4 Å². The van der Waals surface area contributed by atoms with E-state index in [1.165, 1.54) is 22.5 Å². The first kappa shape index (κ1) is 23.2. The number of sulfonamides is 1. The molecule has 32 heavy (non-hydrogen) atoms. The molecular formula is C23H22ClN3O4S. The molecule has 3 aromatic carbocycles. The molecule has 9 heteroatoms. The zero-order valence-electron chi connectivity index (χ0n) is 17.2. The summed E-state index contributed by atoms with van der Waals surface area (Å²) in [5.74, 6) is -0.415. The summed E-state index contributed by atoms with van der Waals surface area (Å²) in [6.07, 6.45) is 1.12. The van der Waals surface area contributed by atoms with Crippen LogP contribution in [0.5, 0.6) is 5.75 Å². The number of phenols is 1. The number of carbonyl (C=O) groups is 1. The highest BCUT2D eigenvalue weighted by atomic mass is 35.5. The van der Waals surface area contributed by atoms with E-state index in [9.17, 15) is 18.3 Å². The lowest BCUT2D eigenvalue weighted by molar-refractivity contribution is 0.0942. The third-order valence-corrected chi connectivity index (χ3v) is 6.01. The second kappa shape index (κ2) is 9.76. The van der Waals surface area contributed by atoms with Crippen molar-refractivity contribution in [3.8, 4) is 5.75 Å². The fourth-order valence-electron chi connectivity index (χ4n) is 2.94. The quantitative estimate of drug-likeness (QED) is 0.432. The Labute approximate surface area is 192 Å². The number of phenolic OH excluding ortho intramolecular Hbond substituents is 1. The molecule has 0 spiro atoms. The van der Waals surface area contributed by atoms with Gasteiger partial charge in [0.25, 0.3) is 5.91 Å². The lowest BCUT2D eigenvalue weighted by atomic mass is 10.1. The van der Waals surface area contributed by atoms with Crippen LogP contribution >= 0.6 is 11.6 Å². The van der Waals surface area contributed by atoms with Crippen LogP contribution in [0.1, 0.15) is 21.5 Å². The standard InChI is InChI=1S/C23H22ClN3O4S/c1-16(21-5-3-4-6-22(21)28)25-26-23(29)18-9-13-20(14-10-18)27(32(2,30)31)15-17-7-11-19(24)12-8-17/h3-14,25,28H,1,15H2,2H3,(H,26,29). The van der Waals surface area contributed by atoms with E-state index in [2.05, 4.69) is 17.4 Å². The molecule has 0 saturated heterocycles. The second-order valence-electron chi connectivity index (χ2n) is 7.02. The Morgan fingerprint density at radius 3 is 2.22 bits per heavy atom. The monoisotopic (exact) mass is 471 g/mol. The molecule has 166 valence electrons. The number of hydrogen-bond donors (Lipinski definition) is 3. The highest BCUT2D eigenvalue weighted by Crippen LogP contribution is 2.23. The maximum absolute atomic E-state index is 12.4. The average molecular weight is 472 g/mol. The first-order valence-electron chi connectivity index (χ1n) is 9.51. The van der Waals surface area contributed by atoms with Crippen LogP contribution in [0.2, 0.25) is 5.02 Å². The van der Waals surface area contributed by atoms with Gasteiger partial charge in [-0.3, -0.25) is 20.0 Å². The Morgan fingerprint density at radius 1 is 1.00 bits per heavy atom. The first-order valence-corrected chi connectivity index (χ1v) is 11.7. The third-order valence-electron chi connectivity index (χ3n) is 4.61. The molecule has 0 radical (unpaired) electrons. The fourth-order valence-corrected chi connectivity index (χ4v) is 3.95. The molecule has 0 heterocycles. The minimum absolute atomic E-state index is 0.0326. The van der Waals surface area contributed by atoms with Gasteiger partial charge >= 0.3 is 0 Å². The summed E-state index contributed by atoms with van der Waals surface area (Å²) in [5.41, 5.74) is 7.45. The number of nitrogens with zero attached hydrogens (tertiary/aromatic N) is 1. The van der Waals surface area contributed by atoms with Crippen molar-refractivity contribution in [3.63, 3.8) is 0 Å². The molecule has 7 nitrogen and oxygen atoms in total. The van der Waals surface area contributed by atoms with Gasteiger partial charge in [0.05, 0.1) is 24.2 Å². The molecule has 0 atom stereocenters. The molecule has 0 aliphatic heterocycles. The minimum Gasteiger partial charge on any atom is -0.507 e. The van der Waals surface area contributed by atoms with Crippen molar-refractivity contribution in [1.82, 2.24) is 10.9 Å². The van der Waals surface area contributed by atoms with Crippen molar-refractivity contribution in [2.75, 3.05) is 10.6 Å². The molecule has 0 bridgehead atoms. The molecule has 0 fully saturated rings. The lowest BCUT2D eigenvalue weighted by Gasteiger charge is -2.23. The van der Waals surface area contributed by atoms with Crippen LogP contribution in [-0.4, -0.2) is 25.7 Å². The molecule has 0 aliphatic rings. The van der Waals surface area contributed by atoms with Crippen LogP contribution in [0.4, 0.5) is 5.69 Å². The van der Waals surface area contributed by atoms with Crippen LogP contribution in [0, 0.1) is 0 Å². The van der Waals surface area contributed by atoms with Crippen molar-refractivity contribution >= 4 is 38.9 Å². The first-order chi connectivity index (χ1) is 15.1. The predicted molar refractivity (Wildman–Crippen MR) is 127 cm³/mol. The van der Waals surface area contributed by atoms with E-state index < -0.39 is 15.9 Å². The van der Waals surface area contributed by atoms with E-state index in [-0.39, 0.29) is 12.3 Å². The van der Waals surface area contributed by atoms with Crippen molar-refractivity contribution < 1.29 is 18.3 Å². The second-order valence-corrected chi connectivity index (χ2v) is 9.36. The fraction of sp³-hybridized carbons (Fsp3) is 0.0870. The van der Waals surface area contributed by atoms with Gasteiger partial charge in [0.1, 0.15) is 5.75 Å². The smallest absolute Gasteiger partial charge is 0.269 e. The number of carbonyl (C=O) groups excluding carboxylic acids is 1. The summed E-state index contributed by atoms with van der Waals surface area (Å²) in [5, 5.41) is 10.4. The maximum atomic E-state index is 12.4. The zero-order valence-corrected chi connectivity index (χ0v) is 18.8. The van der Waals surface area contributed by atoms with Crippen LogP contribution in [-0.2, 0) is 16.6 Å². The Bertz CT molecular complexity index is 1230. The Kier molecular flexibility index (Phi) is 7.07. The number of hydrogen-bond acceptors (Lipinski definition) is 5. The molecule has 1 amide bonds. The predicted octanol–water partition coefficient (Wildman–Crippen LogP) is 3.92. The highest BCUT2D eigenvalue weighted by molar-refractivity contribution is 7.92. The molecule has 3 rings (SSSR count). The van der Waals surface area contributed by atoms with Gasteiger partial charge in [-0.2, -0.15) is 0 Å². The normalized spacial score (nSPS) is 10.9. The number of para-hydroxylation sites is 1. The number of benzene rings is 3. The molecule has 3 N–H and O–H groups in total. The van der Waals surface area contributed by atoms with E-state index in [0.29, 0.717) is 27.5 Å². The number of anilines is 1. The van der Waals surface area contributed by atoms with E-state index in [4.69, 9.17) is 11.6 Å². The van der Waals surface area contributed by atoms with E-state index in [1.807, 2.05) is 0 Å². The van der Waals surface area contributed by atoms with Crippen LogP contribution in [0.3, 0.4) is 0 Å². The average Bonchev–Trinajstić information content (AvgIpc) is 2.76. The summed E-state index contributed by atoms with van der Waals surface area (Å²) >= 11 is 5.90. The van der Waals surface area contributed by atoms with Gasteiger partial charge in [-0.15, -0.1) is 0 Å². The van der Waals surface area contributed by atoms with Crippen molar-refractivity contribution in [2.45, 2.75) is 6.54 Å². The van der Waals surface area contributed by atoms with Gasteiger partial charge in [-0.1, -0.05) is 42.4 Å². The highest BCUT2D eigenvalue weighted by Gasteiger charge is 2.18. The Balaban J connectivity index is 1.70. The molecule has 0 saturated carbocycles. The summed E-state index contributed by atoms with van der Waals surface area (Å²) < 4.78 is 25.9. The largest absolute Gasteiger partial charge is 0.507 e. The van der Waals surface area contributed by atoms with Crippen molar-refractivity contribution in [1.29, 1.82) is 0 Å². The van der Waals surface area contributed by atoms with Crippen LogP contribution in [0.25, 0.3) is 5.70 Å². The van der Waals surface area contributed by atoms with Gasteiger partial charge in [0.15, 0.2) is 0 Å². The molecular weight excluding hydrogens is 450 g/mol. The minimum atomic E-state index is -3.56. The lowest BCUT2D eigenvalue weighted by Crippen LogP contribution is -2.36. The number of halogens is 1. The molecule has 0 aliphatic carbocycles. The Hall–Kier alpha value is -3.49. The van der Waals surface area contributed by atoms with Gasteiger partial charge in [0, 0.05) is 16.1 Å². The molecule has 3 aromatic rings. The maximum Gasteiger partial charge on any atom is 0.269 e. The van der Waals surface area contributed by atoms with Gasteiger partial charge in [-0.05, 0) is 54.1 Å². The van der Waals surface area contributed by atoms with E-state index in [0.717, 1.165) is 11.8 Å². The van der Waals surface area contributed by atoms with Crippen LogP contribution < -0.4 is 15.2 Å². The molecule has 0 aromatic heterocycles. The third kappa shape index (κ3) is 5.81. The summed E-state index contributed by atoms with van der Waals surface area (Å²) in [6, 6.07) is 19.7. The summed E-state index contributed by atoms with van der Waals surface area (Å²) in [6.45, 7) is 3.92. The van der Waals surface area contributed by atoms with E-state index in [1.54, 1.807) is 54.6 Å². The summed E-state index contributed by atoms with van der Waals surface area (Å²) in [4.78, 5) is 12.4. The number of aromatic hydroxyl groups is 1. The van der Waals surface area contributed by atoms with Crippen molar-refractivity contribution in [2.24, 2.45) is 0 Å². The number of nitrogens with one attached hydrogen (secondary N) is 2. The number of hydrazine groups is 1. The van der Waals surface area contributed by atoms with Crippen molar-refractivity contribution in [3.05, 3.63) is 101 Å². The Morgan fingerprint density at radius 2 is 1.62 bits per heavy atom. The topological polar surface area (TPSA) is 98.7 Å². The van der Waals surface area contributed by atoms with Gasteiger partial charge in [0.2, 0.25) is 10.0 Å². The molecule has 0 unspecified atom stereocenters. The zero-order chi connectivity index (χ0) is 23.3. The van der Waals surface area contributed by atoms with E-state index >= 15 is 0 Å². The SMILES string of the molecule is C=C(NNC(=O)c1ccc(N(Cc2ccc(Cl)cc2)S(C)(=O)=O)cc1)c1ccccc1O. The van der Waals surface area contributed by atoms with Gasteiger partial charge in [-0.25, -0.2) is 8.42 Å². The van der Waals surface area contributed by atoms with Gasteiger partial charge < -0.3 is 5.11 Å². The number of rotatable bonds is 8.